The van der Waals surface area contributed by atoms with Gasteiger partial charge in [0, 0.05) is 21.5 Å². The van der Waals surface area contributed by atoms with E-state index in [1.807, 2.05) is 0 Å². The van der Waals surface area contributed by atoms with Gasteiger partial charge in [0.1, 0.15) is 17.1 Å². The number of carbonyl (C=O) groups excluding carboxylic acids is 1. The molecule has 0 aliphatic rings. The second-order valence-corrected chi connectivity index (χ2v) is 6.99. The standard InChI is InChI=1S/C20H11Cl2N3O5/c21-12-2-5-17-11(7-12)8-19(30-17)20(26)24-23-10-14-3-6-18(29-14)15-4-1-13(22)9-16(15)25(27)28/h1-10H,(H,24,26)/b23-10+. The Balaban J connectivity index is 1.48. The van der Waals surface area contributed by atoms with Crippen molar-refractivity contribution in [3.63, 3.8) is 0 Å². The second kappa shape index (κ2) is 8.02. The van der Waals surface area contributed by atoms with E-state index in [4.69, 9.17) is 32.0 Å². The van der Waals surface area contributed by atoms with Crippen molar-refractivity contribution in [1.29, 1.82) is 0 Å². The summed E-state index contributed by atoms with van der Waals surface area (Å²) >= 11 is 11.7. The van der Waals surface area contributed by atoms with Gasteiger partial charge in [0.2, 0.25) is 0 Å². The van der Waals surface area contributed by atoms with E-state index in [1.54, 1.807) is 36.4 Å². The monoisotopic (exact) mass is 443 g/mol. The molecule has 0 saturated heterocycles. The van der Waals surface area contributed by atoms with Gasteiger partial charge in [-0.25, -0.2) is 5.43 Å². The molecular formula is C20H11Cl2N3O5. The normalized spacial score (nSPS) is 11.3. The van der Waals surface area contributed by atoms with Crippen LogP contribution in [0.25, 0.3) is 22.3 Å². The molecule has 0 fully saturated rings. The summed E-state index contributed by atoms with van der Waals surface area (Å²) in [6, 6.07) is 13.9. The number of carbonyl (C=O) groups is 1. The maximum atomic E-state index is 12.2. The summed E-state index contributed by atoms with van der Waals surface area (Å²) < 4.78 is 11.0. The summed E-state index contributed by atoms with van der Waals surface area (Å²) in [6.07, 6.45) is 1.27. The van der Waals surface area contributed by atoms with Crippen molar-refractivity contribution < 1.29 is 18.6 Å². The van der Waals surface area contributed by atoms with E-state index in [1.165, 1.54) is 24.4 Å². The third-order valence-electron chi connectivity index (χ3n) is 4.11. The molecule has 0 aliphatic heterocycles. The average molecular weight is 444 g/mol. The number of amides is 1. The van der Waals surface area contributed by atoms with Gasteiger partial charge in [0.25, 0.3) is 5.69 Å². The van der Waals surface area contributed by atoms with Gasteiger partial charge >= 0.3 is 5.91 Å². The predicted octanol–water partition coefficient (Wildman–Crippen LogP) is 5.67. The quantitative estimate of drug-likeness (QED) is 0.242. The Morgan fingerprint density at radius 3 is 2.60 bits per heavy atom. The van der Waals surface area contributed by atoms with Gasteiger partial charge in [-0.1, -0.05) is 23.2 Å². The van der Waals surface area contributed by atoms with Gasteiger partial charge in [-0.05, 0) is 48.5 Å². The van der Waals surface area contributed by atoms with Crippen molar-refractivity contribution in [2.75, 3.05) is 0 Å². The van der Waals surface area contributed by atoms with Crippen LogP contribution < -0.4 is 5.43 Å². The molecule has 0 atom stereocenters. The molecule has 2 aromatic carbocycles. The lowest BCUT2D eigenvalue weighted by molar-refractivity contribution is -0.384. The molecule has 4 aromatic rings. The highest BCUT2D eigenvalue weighted by atomic mass is 35.5. The van der Waals surface area contributed by atoms with Crippen molar-refractivity contribution in [3.8, 4) is 11.3 Å². The number of fused-ring (bicyclic) bond motifs is 1. The average Bonchev–Trinajstić information content (AvgIpc) is 3.34. The van der Waals surface area contributed by atoms with E-state index >= 15 is 0 Å². The van der Waals surface area contributed by atoms with E-state index in [0.29, 0.717) is 16.0 Å². The van der Waals surface area contributed by atoms with Crippen molar-refractivity contribution >= 4 is 52.0 Å². The lowest BCUT2D eigenvalue weighted by atomic mass is 10.1. The first-order valence-corrected chi connectivity index (χ1v) is 9.23. The Morgan fingerprint density at radius 1 is 1.03 bits per heavy atom. The number of nitrogens with zero attached hydrogens (tertiary/aromatic N) is 2. The van der Waals surface area contributed by atoms with Gasteiger partial charge < -0.3 is 8.83 Å². The molecule has 0 spiro atoms. The number of hydrogen-bond donors (Lipinski definition) is 1. The van der Waals surface area contributed by atoms with E-state index < -0.39 is 10.8 Å². The highest BCUT2D eigenvalue weighted by Crippen LogP contribution is 2.33. The summed E-state index contributed by atoms with van der Waals surface area (Å²) in [7, 11) is 0. The number of rotatable bonds is 5. The Hall–Kier alpha value is -3.62. The number of hydrogen-bond acceptors (Lipinski definition) is 6. The fourth-order valence-corrected chi connectivity index (χ4v) is 3.11. The molecule has 0 aliphatic carbocycles. The van der Waals surface area contributed by atoms with Crippen LogP contribution in [0.5, 0.6) is 0 Å². The third-order valence-corrected chi connectivity index (χ3v) is 4.58. The van der Waals surface area contributed by atoms with Gasteiger partial charge in [0.15, 0.2) is 5.76 Å². The number of nitro benzene ring substituents is 1. The maximum absolute atomic E-state index is 12.2. The number of hydrazone groups is 1. The largest absolute Gasteiger partial charge is 0.455 e. The highest BCUT2D eigenvalue weighted by molar-refractivity contribution is 6.31. The minimum Gasteiger partial charge on any atom is -0.455 e. The van der Waals surface area contributed by atoms with Crippen LogP contribution in [0.4, 0.5) is 5.69 Å². The van der Waals surface area contributed by atoms with Gasteiger partial charge in [0.05, 0.1) is 16.7 Å². The first-order valence-electron chi connectivity index (χ1n) is 8.47. The lowest BCUT2D eigenvalue weighted by Crippen LogP contribution is -2.16. The van der Waals surface area contributed by atoms with Crippen LogP contribution in [-0.4, -0.2) is 17.0 Å². The fourth-order valence-electron chi connectivity index (χ4n) is 2.77. The zero-order valence-electron chi connectivity index (χ0n) is 15.0. The molecule has 10 heteroatoms. The molecule has 0 unspecified atom stereocenters. The second-order valence-electron chi connectivity index (χ2n) is 6.11. The Kier molecular flexibility index (Phi) is 5.26. The van der Waals surface area contributed by atoms with Crippen LogP contribution >= 0.6 is 23.2 Å². The zero-order chi connectivity index (χ0) is 21.3. The summed E-state index contributed by atoms with van der Waals surface area (Å²) in [5.74, 6) is 0.0614. The van der Waals surface area contributed by atoms with Crippen LogP contribution in [0.2, 0.25) is 10.0 Å². The highest BCUT2D eigenvalue weighted by Gasteiger charge is 2.18. The minimum absolute atomic E-state index is 0.0707. The molecular weight excluding hydrogens is 433 g/mol. The molecule has 0 bridgehead atoms. The van der Waals surface area contributed by atoms with Crippen LogP contribution in [0.3, 0.4) is 0 Å². The van der Waals surface area contributed by atoms with E-state index in [0.717, 1.165) is 0 Å². The molecule has 2 heterocycles. The van der Waals surface area contributed by atoms with Crippen molar-refractivity contribution in [3.05, 3.63) is 86.3 Å². The Labute approximate surface area is 178 Å². The van der Waals surface area contributed by atoms with Crippen molar-refractivity contribution in [2.45, 2.75) is 0 Å². The van der Waals surface area contributed by atoms with E-state index in [2.05, 4.69) is 10.5 Å². The number of benzene rings is 2. The van der Waals surface area contributed by atoms with Crippen LogP contribution in [0.1, 0.15) is 16.3 Å². The van der Waals surface area contributed by atoms with Crippen molar-refractivity contribution in [1.82, 2.24) is 5.43 Å². The molecule has 1 amide bonds. The number of furan rings is 2. The summed E-state index contributed by atoms with van der Waals surface area (Å²) in [4.78, 5) is 22.9. The molecule has 0 radical (unpaired) electrons. The minimum atomic E-state index is -0.557. The maximum Gasteiger partial charge on any atom is 0.307 e. The zero-order valence-corrected chi connectivity index (χ0v) is 16.5. The predicted molar refractivity (Wildman–Crippen MR) is 112 cm³/mol. The third kappa shape index (κ3) is 4.05. The summed E-state index contributed by atoms with van der Waals surface area (Å²) in [5, 5.41) is 16.5. The van der Waals surface area contributed by atoms with Crippen molar-refractivity contribution in [2.24, 2.45) is 5.10 Å². The molecule has 4 rings (SSSR count). The fraction of sp³-hybridized carbons (Fsp3) is 0. The number of nitro groups is 1. The SMILES string of the molecule is O=C(N/N=C/c1ccc(-c2ccc(Cl)cc2[N+](=O)[O-])o1)c1cc2cc(Cl)ccc2o1. The number of nitrogens with one attached hydrogen (secondary N) is 1. The van der Waals surface area contributed by atoms with Crippen LogP contribution in [-0.2, 0) is 0 Å². The van der Waals surface area contributed by atoms with Gasteiger partial charge in [-0.15, -0.1) is 0 Å². The molecule has 0 saturated carbocycles. The van der Waals surface area contributed by atoms with Crippen LogP contribution in [0, 0.1) is 10.1 Å². The molecule has 1 N–H and O–H groups in total. The molecule has 8 nitrogen and oxygen atoms in total. The van der Waals surface area contributed by atoms with Gasteiger partial charge in [-0.3, -0.25) is 14.9 Å². The smallest absolute Gasteiger partial charge is 0.307 e. The summed E-state index contributed by atoms with van der Waals surface area (Å²) in [5.41, 5.74) is 2.94. The first kappa shape index (κ1) is 19.7. The topological polar surface area (TPSA) is 111 Å². The van der Waals surface area contributed by atoms with E-state index in [9.17, 15) is 14.9 Å². The molecule has 2 aromatic heterocycles. The molecule has 150 valence electrons. The Bertz CT molecular complexity index is 1310. The summed E-state index contributed by atoms with van der Waals surface area (Å²) in [6.45, 7) is 0. The molecule has 30 heavy (non-hydrogen) atoms. The Morgan fingerprint density at radius 2 is 1.80 bits per heavy atom. The first-order chi connectivity index (χ1) is 14.4. The lowest BCUT2D eigenvalue weighted by Gasteiger charge is -2.00. The van der Waals surface area contributed by atoms with E-state index in [-0.39, 0.29) is 33.6 Å². The van der Waals surface area contributed by atoms with Crippen LogP contribution in [0.15, 0.2) is 68.5 Å². The van der Waals surface area contributed by atoms with Gasteiger partial charge in [-0.2, -0.15) is 5.10 Å². The number of halogens is 2.